The van der Waals surface area contributed by atoms with Gasteiger partial charge in [0.05, 0.1) is 16.2 Å². The quantitative estimate of drug-likeness (QED) is 0.462. The summed E-state index contributed by atoms with van der Waals surface area (Å²) < 4.78 is 1.64. The van der Waals surface area contributed by atoms with E-state index in [1.54, 1.807) is 22.8 Å². The van der Waals surface area contributed by atoms with Crippen LogP contribution in [0, 0.1) is 0 Å². The van der Waals surface area contributed by atoms with E-state index in [2.05, 4.69) is 10.3 Å². The molecule has 0 aliphatic carbocycles. The van der Waals surface area contributed by atoms with Gasteiger partial charge in [-0.3, -0.25) is 14.2 Å². The summed E-state index contributed by atoms with van der Waals surface area (Å²) in [7, 11) is 0. The van der Waals surface area contributed by atoms with Crippen molar-refractivity contribution in [1.29, 1.82) is 0 Å². The molecule has 0 bridgehead atoms. The number of benzene rings is 2. The number of halogens is 1. The van der Waals surface area contributed by atoms with Gasteiger partial charge in [0.2, 0.25) is 5.91 Å². The highest BCUT2D eigenvalue weighted by Gasteiger charge is 2.19. The Bertz CT molecular complexity index is 1040. The molecule has 3 rings (SSSR count). The first-order valence-corrected chi connectivity index (χ1v) is 10.4. The van der Waals surface area contributed by atoms with Gasteiger partial charge in [0.25, 0.3) is 5.56 Å². The molecule has 0 saturated carbocycles. The Morgan fingerprint density at radius 2 is 2.00 bits per heavy atom. The molecule has 1 N–H and O–H groups in total. The summed E-state index contributed by atoms with van der Waals surface area (Å²) in [5.74, 6) is -0.0997. The number of carbonyl (C=O) groups excluding carboxylic acids is 1. The Kier molecular flexibility index (Phi) is 6.75. The SMILES string of the molecule is CCCn1c(SC(C)C(=O)NCc2ccccc2)nc2cc(Cl)ccc2c1=O. The first kappa shape index (κ1) is 20.4. The molecule has 0 spiro atoms. The molecule has 0 aliphatic heterocycles. The third-order valence-corrected chi connectivity index (χ3v) is 5.62. The van der Waals surface area contributed by atoms with Gasteiger partial charge in [-0.1, -0.05) is 60.6 Å². The number of thioether (sulfide) groups is 1. The number of nitrogens with zero attached hydrogens (tertiary/aromatic N) is 2. The van der Waals surface area contributed by atoms with Crippen molar-refractivity contribution >= 4 is 40.2 Å². The molecule has 0 radical (unpaired) electrons. The lowest BCUT2D eigenvalue weighted by molar-refractivity contribution is -0.120. The second kappa shape index (κ2) is 9.26. The van der Waals surface area contributed by atoms with Crippen LogP contribution in [-0.2, 0) is 17.9 Å². The Balaban J connectivity index is 1.82. The molecule has 0 fully saturated rings. The molecular weight excluding hydrogens is 394 g/mol. The largest absolute Gasteiger partial charge is 0.351 e. The van der Waals surface area contributed by atoms with Gasteiger partial charge in [0, 0.05) is 18.1 Å². The maximum atomic E-state index is 12.9. The van der Waals surface area contributed by atoms with Gasteiger partial charge in [-0.15, -0.1) is 0 Å². The number of aromatic nitrogens is 2. The second-order valence-electron chi connectivity index (χ2n) is 6.48. The Labute approximate surface area is 173 Å². The molecule has 28 heavy (non-hydrogen) atoms. The van der Waals surface area contributed by atoms with Crippen molar-refractivity contribution in [2.75, 3.05) is 0 Å². The van der Waals surface area contributed by atoms with E-state index < -0.39 is 5.25 Å². The van der Waals surface area contributed by atoms with Gasteiger partial charge in [-0.25, -0.2) is 4.98 Å². The Morgan fingerprint density at radius 1 is 1.25 bits per heavy atom. The zero-order valence-corrected chi connectivity index (χ0v) is 17.4. The number of hydrogen-bond donors (Lipinski definition) is 1. The maximum Gasteiger partial charge on any atom is 0.262 e. The fraction of sp³-hybridized carbons (Fsp3) is 0.286. The Hall–Kier alpha value is -2.31. The minimum absolute atomic E-state index is 0.0997. The van der Waals surface area contributed by atoms with Gasteiger partial charge in [0.15, 0.2) is 5.16 Å². The highest BCUT2D eigenvalue weighted by atomic mass is 35.5. The van der Waals surface area contributed by atoms with Gasteiger partial charge in [0.1, 0.15) is 0 Å². The van der Waals surface area contributed by atoms with Crippen LogP contribution >= 0.6 is 23.4 Å². The van der Waals surface area contributed by atoms with E-state index in [0.29, 0.717) is 34.2 Å². The minimum atomic E-state index is -0.393. The van der Waals surface area contributed by atoms with Crippen LogP contribution in [0.15, 0.2) is 58.5 Å². The van der Waals surface area contributed by atoms with Crippen molar-refractivity contribution in [3.05, 3.63) is 69.5 Å². The third-order valence-electron chi connectivity index (χ3n) is 4.29. The Morgan fingerprint density at radius 3 is 2.71 bits per heavy atom. The van der Waals surface area contributed by atoms with Crippen LogP contribution in [0.25, 0.3) is 10.9 Å². The van der Waals surface area contributed by atoms with Crippen molar-refractivity contribution in [3.8, 4) is 0 Å². The number of rotatable bonds is 7. The first-order chi connectivity index (χ1) is 13.5. The number of hydrogen-bond acceptors (Lipinski definition) is 4. The molecule has 2 aromatic carbocycles. The summed E-state index contributed by atoms with van der Waals surface area (Å²) in [6, 6.07) is 14.8. The van der Waals surface area contributed by atoms with Crippen LogP contribution < -0.4 is 10.9 Å². The number of nitrogens with one attached hydrogen (secondary N) is 1. The second-order valence-corrected chi connectivity index (χ2v) is 8.22. The normalized spacial score (nSPS) is 12.1. The molecule has 1 atom stereocenters. The zero-order chi connectivity index (χ0) is 20.1. The number of fused-ring (bicyclic) bond motifs is 1. The van der Waals surface area contributed by atoms with E-state index in [9.17, 15) is 9.59 Å². The molecule has 146 valence electrons. The van der Waals surface area contributed by atoms with Crippen molar-refractivity contribution in [1.82, 2.24) is 14.9 Å². The molecule has 5 nitrogen and oxygen atoms in total. The van der Waals surface area contributed by atoms with Crippen LogP contribution in [0.5, 0.6) is 0 Å². The van der Waals surface area contributed by atoms with E-state index in [4.69, 9.17) is 11.6 Å². The van der Waals surface area contributed by atoms with Gasteiger partial charge in [-0.2, -0.15) is 0 Å². The summed E-state index contributed by atoms with van der Waals surface area (Å²) in [5, 5.41) is 4.13. The highest BCUT2D eigenvalue weighted by molar-refractivity contribution is 8.00. The lowest BCUT2D eigenvalue weighted by atomic mass is 10.2. The standard InChI is InChI=1S/C21H22ClN3O2S/c1-3-11-25-20(27)17-10-9-16(22)12-18(17)24-21(25)28-14(2)19(26)23-13-15-7-5-4-6-8-15/h4-10,12,14H,3,11,13H2,1-2H3,(H,23,26). The summed E-state index contributed by atoms with van der Waals surface area (Å²) in [6.45, 7) is 4.83. The first-order valence-electron chi connectivity index (χ1n) is 9.18. The van der Waals surface area contributed by atoms with Gasteiger partial charge < -0.3 is 5.32 Å². The van der Waals surface area contributed by atoms with Crippen molar-refractivity contribution in [2.45, 2.75) is 43.8 Å². The smallest absolute Gasteiger partial charge is 0.262 e. The minimum Gasteiger partial charge on any atom is -0.351 e. The molecule has 1 amide bonds. The van der Waals surface area contributed by atoms with E-state index in [-0.39, 0.29) is 11.5 Å². The molecular formula is C21H22ClN3O2S. The van der Waals surface area contributed by atoms with Gasteiger partial charge in [-0.05, 0) is 37.1 Å². The van der Waals surface area contributed by atoms with Crippen LogP contribution in [-0.4, -0.2) is 20.7 Å². The monoisotopic (exact) mass is 415 g/mol. The molecule has 0 saturated heterocycles. The molecule has 1 unspecified atom stereocenters. The molecule has 3 aromatic rings. The average Bonchev–Trinajstić information content (AvgIpc) is 2.69. The maximum absolute atomic E-state index is 12.9. The molecule has 0 aliphatic rings. The van der Waals surface area contributed by atoms with Crippen LogP contribution in [0.2, 0.25) is 5.02 Å². The molecule has 1 heterocycles. The van der Waals surface area contributed by atoms with Crippen molar-refractivity contribution in [2.24, 2.45) is 0 Å². The highest BCUT2D eigenvalue weighted by Crippen LogP contribution is 2.24. The lowest BCUT2D eigenvalue weighted by Gasteiger charge is -2.16. The predicted octanol–water partition coefficient (Wildman–Crippen LogP) is 4.26. The number of amides is 1. The molecule has 1 aromatic heterocycles. The summed E-state index contributed by atoms with van der Waals surface area (Å²) in [5.41, 5.74) is 1.47. The third kappa shape index (κ3) is 4.75. The van der Waals surface area contributed by atoms with Crippen molar-refractivity contribution < 1.29 is 4.79 Å². The summed E-state index contributed by atoms with van der Waals surface area (Å²) >= 11 is 7.35. The fourth-order valence-corrected chi connectivity index (χ4v) is 3.95. The van der Waals surface area contributed by atoms with Crippen LogP contribution in [0.4, 0.5) is 0 Å². The fourth-order valence-electron chi connectivity index (χ4n) is 2.82. The topological polar surface area (TPSA) is 64.0 Å². The van der Waals surface area contributed by atoms with Gasteiger partial charge >= 0.3 is 0 Å². The molecule has 7 heteroatoms. The van der Waals surface area contributed by atoms with E-state index in [0.717, 1.165) is 12.0 Å². The number of carbonyl (C=O) groups is 1. The van der Waals surface area contributed by atoms with E-state index >= 15 is 0 Å². The summed E-state index contributed by atoms with van der Waals surface area (Å²) in [6.07, 6.45) is 0.794. The van der Waals surface area contributed by atoms with Crippen LogP contribution in [0.3, 0.4) is 0 Å². The zero-order valence-electron chi connectivity index (χ0n) is 15.8. The summed E-state index contributed by atoms with van der Waals surface area (Å²) in [4.78, 5) is 30.0. The van der Waals surface area contributed by atoms with Crippen molar-refractivity contribution in [3.63, 3.8) is 0 Å². The predicted molar refractivity (Wildman–Crippen MR) is 115 cm³/mol. The van der Waals surface area contributed by atoms with Crippen LogP contribution in [0.1, 0.15) is 25.8 Å². The van der Waals surface area contributed by atoms with E-state index in [1.165, 1.54) is 11.8 Å². The van der Waals surface area contributed by atoms with E-state index in [1.807, 2.05) is 44.2 Å². The average molecular weight is 416 g/mol. The lowest BCUT2D eigenvalue weighted by Crippen LogP contribution is -2.31.